The first-order valence-corrected chi connectivity index (χ1v) is 5.74. The van der Waals surface area contributed by atoms with Crippen LogP contribution >= 0.6 is 0 Å². The number of pyridine rings is 1. The highest BCUT2D eigenvalue weighted by molar-refractivity contribution is 5.95. The molecule has 4 heteroatoms. The van der Waals surface area contributed by atoms with Gasteiger partial charge in [-0.05, 0) is 31.5 Å². The van der Waals surface area contributed by atoms with E-state index >= 15 is 0 Å². The molecule has 0 radical (unpaired) electrons. The lowest BCUT2D eigenvalue weighted by Crippen LogP contribution is -2.46. The largest absolute Gasteiger partial charge is 0.330 e. The van der Waals surface area contributed by atoms with Crippen molar-refractivity contribution in [3.8, 4) is 0 Å². The molecule has 1 aromatic rings. The molecule has 0 saturated carbocycles. The van der Waals surface area contributed by atoms with Crippen molar-refractivity contribution in [2.45, 2.75) is 32.2 Å². The molecular weight excluding hydrogens is 216 g/mol. The van der Waals surface area contributed by atoms with E-state index in [9.17, 15) is 9.59 Å². The summed E-state index contributed by atoms with van der Waals surface area (Å²) in [5.41, 5.74) is 0.282. The number of carbonyl (C=O) groups excluding carboxylic acids is 2. The average molecular weight is 232 g/mol. The van der Waals surface area contributed by atoms with Crippen LogP contribution in [0.1, 0.15) is 25.8 Å². The first-order chi connectivity index (χ1) is 8.01. The van der Waals surface area contributed by atoms with E-state index in [1.165, 1.54) is 0 Å². The van der Waals surface area contributed by atoms with Gasteiger partial charge in [0.2, 0.25) is 5.91 Å². The molecule has 1 aliphatic heterocycles. The van der Waals surface area contributed by atoms with Crippen molar-refractivity contribution in [3.05, 3.63) is 30.1 Å². The Hall–Kier alpha value is -1.71. The van der Waals surface area contributed by atoms with Gasteiger partial charge in [0.1, 0.15) is 0 Å². The third kappa shape index (κ3) is 2.20. The monoisotopic (exact) mass is 232 g/mol. The van der Waals surface area contributed by atoms with Gasteiger partial charge in [0.15, 0.2) is 5.78 Å². The molecule has 0 spiro atoms. The SMILES string of the molecule is CC1(C)C(=O)CCN1C(=O)Cc1ccncc1. The summed E-state index contributed by atoms with van der Waals surface area (Å²) in [6.07, 6.45) is 4.14. The van der Waals surface area contributed by atoms with E-state index in [1.807, 2.05) is 26.0 Å². The molecule has 4 nitrogen and oxygen atoms in total. The summed E-state index contributed by atoms with van der Waals surface area (Å²) in [5.74, 6) is 0.146. The second kappa shape index (κ2) is 4.28. The predicted octanol–water partition coefficient (Wildman–Crippen LogP) is 1.20. The second-order valence-electron chi connectivity index (χ2n) is 4.81. The van der Waals surface area contributed by atoms with Gasteiger partial charge in [0, 0.05) is 25.4 Å². The zero-order valence-corrected chi connectivity index (χ0v) is 10.1. The van der Waals surface area contributed by atoms with Crippen LogP contribution in [0.3, 0.4) is 0 Å². The van der Waals surface area contributed by atoms with Gasteiger partial charge in [0.25, 0.3) is 0 Å². The highest BCUT2D eigenvalue weighted by Crippen LogP contribution is 2.25. The van der Waals surface area contributed by atoms with E-state index in [1.54, 1.807) is 17.3 Å². The number of nitrogens with zero attached hydrogens (tertiary/aromatic N) is 2. The third-order valence-electron chi connectivity index (χ3n) is 3.33. The number of rotatable bonds is 2. The van der Waals surface area contributed by atoms with Crippen LogP contribution in [-0.2, 0) is 16.0 Å². The Bertz CT molecular complexity index is 440. The van der Waals surface area contributed by atoms with E-state index in [2.05, 4.69) is 4.98 Å². The van der Waals surface area contributed by atoms with Crippen LogP contribution in [-0.4, -0.2) is 33.7 Å². The summed E-state index contributed by atoms with van der Waals surface area (Å²) in [6, 6.07) is 3.64. The fraction of sp³-hybridized carbons (Fsp3) is 0.462. The first-order valence-electron chi connectivity index (χ1n) is 5.74. The van der Waals surface area contributed by atoms with E-state index in [0.29, 0.717) is 19.4 Å². The predicted molar refractivity (Wildman–Crippen MR) is 63.4 cm³/mol. The van der Waals surface area contributed by atoms with Crippen LogP contribution in [0.15, 0.2) is 24.5 Å². The van der Waals surface area contributed by atoms with E-state index in [-0.39, 0.29) is 11.7 Å². The Balaban J connectivity index is 2.09. The summed E-state index contributed by atoms with van der Waals surface area (Å²) in [6.45, 7) is 4.16. The maximum absolute atomic E-state index is 12.1. The van der Waals surface area contributed by atoms with Crippen LogP contribution in [0.25, 0.3) is 0 Å². The van der Waals surface area contributed by atoms with Gasteiger partial charge in [-0.1, -0.05) is 0 Å². The summed E-state index contributed by atoms with van der Waals surface area (Å²) in [4.78, 5) is 29.4. The number of ketones is 1. The van der Waals surface area contributed by atoms with Crippen molar-refractivity contribution >= 4 is 11.7 Å². The molecule has 1 saturated heterocycles. The molecule has 1 fully saturated rings. The maximum Gasteiger partial charge on any atom is 0.227 e. The molecule has 0 atom stereocenters. The quantitative estimate of drug-likeness (QED) is 0.770. The zero-order valence-electron chi connectivity index (χ0n) is 10.1. The Labute approximate surface area is 101 Å². The molecule has 0 aromatic carbocycles. The van der Waals surface area contributed by atoms with Gasteiger partial charge < -0.3 is 4.90 Å². The van der Waals surface area contributed by atoms with Gasteiger partial charge in [0.05, 0.1) is 12.0 Å². The molecule has 2 heterocycles. The Kier molecular flexibility index (Phi) is 2.96. The van der Waals surface area contributed by atoms with Crippen molar-refractivity contribution in [3.63, 3.8) is 0 Å². The van der Waals surface area contributed by atoms with Crippen LogP contribution < -0.4 is 0 Å². The van der Waals surface area contributed by atoms with Gasteiger partial charge in [-0.3, -0.25) is 14.6 Å². The van der Waals surface area contributed by atoms with Crippen molar-refractivity contribution < 1.29 is 9.59 Å². The molecule has 0 bridgehead atoms. The van der Waals surface area contributed by atoms with Gasteiger partial charge >= 0.3 is 0 Å². The molecule has 1 amide bonds. The number of amides is 1. The lowest BCUT2D eigenvalue weighted by Gasteiger charge is -2.30. The second-order valence-corrected chi connectivity index (χ2v) is 4.81. The molecular formula is C13H16N2O2. The Morgan fingerprint density at radius 3 is 2.59 bits per heavy atom. The minimum atomic E-state index is -0.649. The average Bonchev–Trinajstić information content (AvgIpc) is 2.55. The summed E-state index contributed by atoms with van der Waals surface area (Å²) >= 11 is 0. The smallest absolute Gasteiger partial charge is 0.227 e. The highest BCUT2D eigenvalue weighted by atomic mass is 16.2. The first kappa shape index (κ1) is 11.8. The fourth-order valence-corrected chi connectivity index (χ4v) is 2.16. The summed E-state index contributed by atoms with van der Waals surface area (Å²) in [7, 11) is 0. The highest BCUT2D eigenvalue weighted by Gasteiger charge is 2.42. The molecule has 1 aliphatic rings. The zero-order chi connectivity index (χ0) is 12.5. The fourth-order valence-electron chi connectivity index (χ4n) is 2.16. The van der Waals surface area contributed by atoms with Gasteiger partial charge in [-0.2, -0.15) is 0 Å². The molecule has 17 heavy (non-hydrogen) atoms. The number of aromatic nitrogens is 1. The van der Waals surface area contributed by atoms with Gasteiger partial charge in [-0.25, -0.2) is 0 Å². The molecule has 90 valence electrons. The Morgan fingerprint density at radius 1 is 1.41 bits per heavy atom. The number of Topliss-reactive ketones (excluding diaryl/α,β-unsaturated/α-hetero) is 1. The minimum Gasteiger partial charge on any atom is -0.330 e. The summed E-state index contributed by atoms with van der Waals surface area (Å²) < 4.78 is 0. The molecule has 0 aliphatic carbocycles. The molecule has 0 N–H and O–H groups in total. The Morgan fingerprint density at radius 2 is 2.06 bits per heavy atom. The van der Waals surface area contributed by atoms with Crippen LogP contribution in [0.2, 0.25) is 0 Å². The molecule has 1 aromatic heterocycles. The maximum atomic E-state index is 12.1. The number of likely N-dealkylation sites (tertiary alicyclic amines) is 1. The lowest BCUT2D eigenvalue weighted by atomic mass is 10.00. The van der Waals surface area contributed by atoms with Crippen molar-refractivity contribution in [2.75, 3.05) is 6.54 Å². The molecule has 2 rings (SSSR count). The van der Waals surface area contributed by atoms with Gasteiger partial charge in [-0.15, -0.1) is 0 Å². The minimum absolute atomic E-state index is 0.00653. The van der Waals surface area contributed by atoms with Crippen molar-refractivity contribution in [1.29, 1.82) is 0 Å². The standard InChI is InChI=1S/C13H16N2O2/c1-13(2)11(16)5-8-15(13)12(17)9-10-3-6-14-7-4-10/h3-4,6-7H,5,8-9H2,1-2H3. The summed E-state index contributed by atoms with van der Waals surface area (Å²) in [5, 5.41) is 0. The van der Waals surface area contributed by atoms with E-state index in [0.717, 1.165) is 5.56 Å². The van der Waals surface area contributed by atoms with E-state index < -0.39 is 5.54 Å². The van der Waals surface area contributed by atoms with Crippen molar-refractivity contribution in [2.24, 2.45) is 0 Å². The van der Waals surface area contributed by atoms with Crippen LogP contribution in [0.5, 0.6) is 0 Å². The number of carbonyl (C=O) groups is 2. The lowest BCUT2D eigenvalue weighted by molar-refractivity contribution is -0.138. The van der Waals surface area contributed by atoms with E-state index in [4.69, 9.17) is 0 Å². The normalized spacial score (nSPS) is 18.5. The number of hydrogen-bond donors (Lipinski definition) is 0. The number of hydrogen-bond acceptors (Lipinski definition) is 3. The van der Waals surface area contributed by atoms with Crippen LogP contribution in [0.4, 0.5) is 0 Å². The molecule has 0 unspecified atom stereocenters. The van der Waals surface area contributed by atoms with Crippen LogP contribution in [0, 0.1) is 0 Å². The third-order valence-corrected chi connectivity index (χ3v) is 3.33. The topological polar surface area (TPSA) is 50.3 Å². The van der Waals surface area contributed by atoms with Crippen molar-refractivity contribution in [1.82, 2.24) is 9.88 Å².